The summed E-state index contributed by atoms with van der Waals surface area (Å²) in [5.74, 6) is 0. The molecule has 1 nitrogen and oxygen atoms in total. The van der Waals surface area contributed by atoms with E-state index in [0.717, 1.165) is 31.8 Å². The van der Waals surface area contributed by atoms with Gasteiger partial charge in [0.2, 0.25) is 0 Å². The third-order valence-corrected chi connectivity index (χ3v) is 4.30. The summed E-state index contributed by atoms with van der Waals surface area (Å²) < 4.78 is 2.12. The van der Waals surface area contributed by atoms with Crippen molar-refractivity contribution < 1.29 is 0 Å². The van der Waals surface area contributed by atoms with Crippen LogP contribution in [0.3, 0.4) is 0 Å². The molecule has 0 radical (unpaired) electrons. The first kappa shape index (κ1) is 13.9. The SMILES string of the molecule is Cc1ccc(Br)c(NCc2cc(Cl)ccc2Br)c1. The third kappa shape index (κ3) is 3.50. The Labute approximate surface area is 129 Å². The van der Waals surface area contributed by atoms with Gasteiger partial charge in [-0.25, -0.2) is 0 Å². The van der Waals surface area contributed by atoms with Crippen molar-refractivity contribution in [2.45, 2.75) is 13.5 Å². The van der Waals surface area contributed by atoms with Crippen LogP contribution in [0.4, 0.5) is 5.69 Å². The molecule has 0 unspecified atom stereocenters. The lowest BCUT2D eigenvalue weighted by Gasteiger charge is -2.11. The van der Waals surface area contributed by atoms with Gasteiger partial charge in [-0.15, -0.1) is 0 Å². The molecule has 0 aliphatic heterocycles. The second kappa shape index (κ2) is 6.09. The first-order valence-electron chi connectivity index (χ1n) is 5.50. The Bertz CT molecular complexity index is 518. The van der Waals surface area contributed by atoms with Gasteiger partial charge in [0, 0.05) is 26.2 Å². The van der Waals surface area contributed by atoms with Crippen LogP contribution in [0.1, 0.15) is 11.1 Å². The molecule has 94 valence electrons. The molecule has 0 bridgehead atoms. The molecule has 0 amide bonds. The Morgan fingerprint density at radius 3 is 2.56 bits per heavy atom. The highest BCUT2D eigenvalue weighted by atomic mass is 79.9. The van der Waals surface area contributed by atoms with Crippen molar-refractivity contribution in [3.05, 3.63) is 61.5 Å². The lowest BCUT2D eigenvalue weighted by Crippen LogP contribution is -2.01. The van der Waals surface area contributed by atoms with Crippen LogP contribution in [-0.2, 0) is 6.54 Å². The number of benzene rings is 2. The maximum absolute atomic E-state index is 6.00. The molecule has 18 heavy (non-hydrogen) atoms. The van der Waals surface area contributed by atoms with Crippen molar-refractivity contribution in [2.75, 3.05) is 5.32 Å². The van der Waals surface area contributed by atoms with Crippen LogP contribution in [0.25, 0.3) is 0 Å². The van der Waals surface area contributed by atoms with Gasteiger partial charge in [0.05, 0.1) is 0 Å². The number of aryl methyl sites for hydroxylation is 1. The maximum atomic E-state index is 6.00. The first-order valence-corrected chi connectivity index (χ1v) is 7.46. The molecule has 1 N–H and O–H groups in total. The van der Waals surface area contributed by atoms with Crippen molar-refractivity contribution in [3.63, 3.8) is 0 Å². The number of rotatable bonds is 3. The topological polar surface area (TPSA) is 12.0 Å². The summed E-state index contributed by atoms with van der Waals surface area (Å²) in [6.45, 7) is 2.80. The highest BCUT2D eigenvalue weighted by Gasteiger charge is 2.03. The van der Waals surface area contributed by atoms with Gasteiger partial charge in [-0.3, -0.25) is 0 Å². The summed E-state index contributed by atoms with van der Waals surface area (Å²) in [5.41, 5.74) is 3.45. The van der Waals surface area contributed by atoms with Crippen LogP contribution in [0.5, 0.6) is 0 Å². The second-order valence-electron chi connectivity index (χ2n) is 4.07. The fraction of sp³-hybridized carbons (Fsp3) is 0.143. The predicted octanol–water partition coefficient (Wildman–Crippen LogP) is 5.79. The van der Waals surface area contributed by atoms with E-state index in [0.29, 0.717) is 0 Å². The van der Waals surface area contributed by atoms with E-state index in [9.17, 15) is 0 Å². The summed E-state index contributed by atoms with van der Waals surface area (Å²) >= 11 is 13.1. The van der Waals surface area contributed by atoms with E-state index in [2.05, 4.69) is 56.2 Å². The van der Waals surface area contributed by atoms with Gasteiger partial charge in [0.25, 0.3) is 0 Å². The minimum absolute atomic E-state index is 0.725. The molecule has 0 aromatic heterocycles. The predicted molar refractivity (Wildman–Crippen MR) is 85.4 cm³/mol. The van der Waals surface area contributed by atoms with Crippen molar-refractivity contribution >= 4 is 49.1 Å². The number of hydrogen-bond acceptors (Lipinski definition) is 1. The molecular formula is C14H12Br2ClN. The third-order valence-electron chi connectivity index (χ3n) is 2.60. The van der Waals surface area contributed by atoms with Gasteiger partial charge in [-0.2, -0.15) is 0 Å². The highest BCUT2D eigenvalue weighted by Crippen LogP contribution is 2.26. The van der Waals surface area contributed by atoms with E-state index in [-0.39, 0.29) is 0 Å². The molecule has 0 fully saturated rings. The highest BCUT2D eigenvalue weighted by molar-refractivity contribution is 9.10. The number of hydrogen-bond donors (Lipinski definition) is 1. The lowest BCUT2D eigenvalue weighted by molar-refractivity contribution is 1.13. The monoisotopic (exact) mass is 387 g/mol. The van der Waals surface area contributed by atoms with Crippen molar-refractivity contribution in [3.8, 4) is 0 Å². The molecule has 2 aromatic rings. The summed E-state index contributed by atoms with van der Waals surface area (Å²) in [6.07, 6.45) is 0. The zero-order chi connectivity index (χ0) is 13.1. The Balaban J connectivity index is 2.16. The van der Waals surface area contributed by atoms with E-state index in [1.807, 2.05) is 24.3 Å². The van der Waals surface area contributed by atoms with E-state index in [4.69, 9.17) is 11.6 Å². The first-order chi connectivity index (χ1) is 8.56. The largest absolute Gasteiger partial charge is 0.380 e. The lowest BCUT2D eigenvalue weighted by atomic mass is 10.2. The molecule has 4 heteroatoms. The van der Waals surface area contributed by atoms with Crippen LogP contribution < -0.4 is 5.32 Å². The van der Waals surface area contributed by atoms with Gasteiger partial charge in [0.15, 0.2) is 0 Å². The summed E-state index contributed by atoms with van der Waals surface area (Å²) in [7, 11) is 0. The Hall–Kier alpha value is -0.510. The van der Waals surface area contributed by atoms with Gasteiger partial charge < -0.3 is 5.32 Å². The maximum Gasteiger partial charge on any atom is 0.0489 e. The van der Waals surface area contributed by atoms with Crippen LogP contribution in [0, 0.1) is 6.92 Å². The minimum Gasteiger partial charge on any atom is -0.380 e. The molecule has 0 aliphatic rings. The normalized spacial score (nSPS) is 10.4. The molecule has 0 saturated heterocycles. The number of halogens is 3. The standard InChI is InChI=1S/C14H12Br2ClN/c1-9-2-4-13(16)14(6-9)18-8-10-7-11(17)3-5-12(10)15/h2-7,18H,8H2,1H3. The average Bonchev–Trinajstić information content (AvgIpc) is 2.34. The fourth-order valence-electron chi connectivity index (χ4n) is 1.64. The Kier molecular flexibility index (Phi) is 4.71. The second-order valence-corrected chi connectivity index (χ2v) is 6.22. The molecule has 0 heterocycles. The van der Waals surface area contributed by atoms with E-state index < -0.39 is 0 Å². The quantitative estimate of drug-likeness (QED) is 0.701. The Morgan fingerprint density at radius 2 is 1.78 bits per heavy atom. The van der Waals surface area contributed by atoms with Crippen LogP contribution in [0.2, 0.25) is 5.02 Å². The average molecular weight is 390 g/mol. The molecular weight excluding hydrogens is 377 g/mol. The zero-order valence-electron chi connectivity index (χ0n) is 9.81. The van der Waals surface area contributed by atoms with Crippen LogP contribution in [0.15, 0.2) is 45.3 Å². The van der Waals surface area contributed by atoms with Gasteiger partial charge in [-0.05, 0) is 64.3 Å². The number of anilines is 1. The van der Waals surface area contributed by atoms with Crippen molar-refractivity contribution in [1.29, 1.82) is 0 Å². The van der Waals surface area contributed by atoms with Crippen molar-refractivity contribution in [1.82, 2.24) is 0 Å². The minimum atomic E-state index is 0.725. The van der Waals surface area contributed by atoms with Gasteiger partial charge in [-0.1, -0.05) is 33.6 Å². The molecule has 2 rings (SSSR count). The Morgan fingerprint density at radius 1 is 1.06 bits per heavy atom. The summed E-state index contributed by atoms with van der Waals surface area (Å²) in [6, 6.07) is 12.0. The molecule has 0 saturated carbocycles. The molecule has 0 spiro atoms. The van der Waals surface area contributed by atoms with Crippen molar-refractivity contribution in [2.24, 2.45) is 0 Å². The summed E-state index contributed by atoms with van der Waals surface area (Å²) in [5, 5.41) is 4.15. The summed E-state index contributed by atoms with van der Waals surface area (Å²) in [4.78, 5) is 0. The number of nitrogens with one attached hydrogen (secondary N) is 1. The molecule has 0 aliphatic carbocycles. The smallest absolute Gasteiger partial charge is 0.0489 e. The van der Waals surface area contributed by atoms with Crippen LogP contribution in [-0.4, -0.2) is 0 Å². The molecule has 0 atom stereocenters. The zero-order valence-corrected chi connectivity index (χ0v) is 13.7. The van der Waals surface area contributed by atoms with E-state index >= 15 is 0 Å². The fourth-order valence-corrected chi connectivity index (χ4v) is 2.61. The van der Waals surface area contributed by atoms with Gasteiger partial charge >= 0.3 is 0 Å². The van der Waals surface area contributed by atoms with Gasteiger partial charge in [0.1, 0.15) is 0 Å². The van der Waals surface area contributed by atoms with E-state index in [1.54, 1.807) is 0 Å². The van der Waals surface area contributed by atoms with E-state index in [1.165, 1.54) is 5.56 Å². The molecule has 2 aromatic carbocycles. The van der Waals surface area contributed by atoms with Crippen LogP contribution >= 0.6 is 43.5 Å².